The first-order chi connectivity index (χ1) is 7.93. The summed E-state index contributed by atoms with van der Waals surface area (Å²) in [5, 5.41) is 3.78. The van der Waals surface area contributed by atoms with E-state index < -0.39 is 0 Å². The van der Waals surface area contributed by atoms with Crippen LogP contribution >= 0.6 is 0 Å². The van der Waals surface area contributed by atoms with E-state index in [2.05, 4.69) is 39.9 Å². The Hall–Kier alpha value is -0.0400. The second-order valence-electron chi connectivity index (χ2n) is 7.19. The van der Waals surface area contributed by atoms with Crippen LogP contribution in [0, 0.1) is 17.3 Å². The zero-order valence-electron chi connectivity index (χ0n) is 12.7. The lowest BCUT2D eigenvalue weighted by atomic mass is 9.76. The van der Waals surface area contributed by atoms with Crippen molar-refractivity contribution >= 4 is 0 Å². The molecule has 1 fully saturated rings. The second kappa shape index (κ2) is 6.78. The zero-order valence-corrected chi connectivity index (χ0v) is 12.7. The van der Waals surface area contributed by atoms with Gasteiger partial charge in [0.05, 0.1) is 0 Å². The molecule has 3 unspecified atom stereocenters. The minimum atomic E-state index is 0.506. The maximum absolute atomic E-state index is 3.78. The van der Waals surface area contributed by atoms with Crippen LogP contribution in [0.5, 0.6) is 0 Å². The molecule has 3 atom stereocenters. The molecule has 1 saturated carbocycles. The molecule has 0 spiro atoms. The van der Waals surface area contributed by atoms with Crippen molar-refractivity contribution in [1.82, 2.24) is 5.32 Å². The third-order valence-corrected chi connectivity index (χ3v) is 4.65. The maximum atomic E-state index is 3.78. The first kappa shape index (κ1) is 15.0. The summed E-state index contributed by atoms with van der Waals surface area (Å²) in [6.45, 7) is 13.1. The fourth-order valence-corrected chi connectivity index (χ4v) is 2.88. The molecule has 0 aromatic rings. The largest absolute Gasteiger partial charge is 0.314 e. The predicted molar refractivity (Wildman–Crippen MR) is 77.3 cm³/mol. The highest BCUT2D eigenvalue weighted by molar-refractivity contribution is 4.81. The Kier molecular flexibility index (Phi) is 5.99. The minimum absolute atomic E-state index is 0.506. The van der Waals surface area contributed by atoms with E-state index >= 15 is 0 Å². The molecular formula is C16H33N. The van der Waals surface area contributed by atoms with Gasteiger partial charge in [-0.05, 0) is 49.5 Å². The van der Waals surface area contributed by atoms with Gasteiger partial charge < -0.3 is 5.32 Å². The summed E-state index contributed by atoms with van der Waals surface area (Å²) < 4.78 is 0. The van der Waals surface area contributed by atoms with Gasteiger partial charge >= 0.3 is 0 Å². The average Bonchev–Trinajstić information content (AvgIpc) is 2.50. The van der Waals surface area contributed by atoms with E-state index in [-0.39, 0.29) is 0 Å². The maximum Gasteiger partial charge on any atom is 0.00672 e. The summed E-state index contributed by atoms with van der Waals surface area (Å²) in [5.74, 6) is 1.76. The van der Waals surface area contributed by atoms with Crippen LogP contribution in [0.3, 0.4) is 0 Å². The van der Waals surface area contributed by atoms with E-state index in [0.717, 1.165) is 17.9 Å². The molecule has 1 aliphatic carbocycles. The van der Waals surface area contributed by atoms with Gasteiger partial charge in [0, 0.05) is 6.04 Å². The van der Waals surface area contributed by atoms with Crippen molar-refractivity contribution in [2.45, 2.75) is 79.2 Å². The number of rotatable bonds is 4. The molecule has 1 aliphatic rings. The molecule has 1 nitrogen and oxygen atoms in total. The normalized spacial score (nSPS) is 28.8. The molecule has 0 radical (unpaired) electrons. The molecule has 102 valence electrons. The van der Waals surface area contributed by atoms with Crippen molar-refractivity contribution in [2.75, 3.05) is 6.54 Å². The van der Waals surface area contributed by atoms with E-state index in [9.17, 15) is 0 Å². The Bertz CT molecular complexity index is 204. The van der Waals surface area contributed by atoms with Crippen LogP contribution in [0.1, 0.15) is 73.1 Å². The standard InChI is InChI=1S/C16H33N/c1-6-13(2)12-17-15-9-7-8-14(10-11-15)16(3,4)5/h13-15,17H,6-12H2,1-5H3. The predicted octanol–water partition coefficient (Wildman–Crippen LogP) is 4.62. The van der Waals surface area contributed by atoms with Crippen molar-refractivity contribution in [3.63, 3.8) is 0 Å². The Morgan fingerprint density at radius 3 is 2.41 bits per heavy atom. The van der Waals surface area contributed by atoms with Crippen LogP contribution in [-0.4, -0.2) is 12.6 Å². The summed E-state index contributed by atoms with van der Waals surface area (Å²) in [6, 6.07) is 0.788. The molecule has 1 heteroatoms. The van der Waals surface area contributed by atoms with Gasteiger partial charge in [-0.2, -0.15) is 0 Å². The van der Waals surface area contributed by atoms with Crippen molar-refractivity contribution in [2.24, 2.45) is 17.3 Å². The summed E-state index contributed by atoms with van der Waals surface area (Å²) in [6.07, 6.45) is 8.35. The highest BCUT2D eigenvalue weighted by atomic mass is 14.9. The van der Waals surface area contributed by atoms with Gasteiger partial charge in [-0.15, -0.1) is 0 Å². The molecule has 0 aliphatic heterocycles. The molecular weight excluding hydrogens is 206 g/mol. The van der Waals surface area contributed by atoms with Crippen molar-refractivity contribution in [1.29, 1.82) is 0 Å². The summed E-state index contributed by atoms with van der Waals surface area (Å²) in [7, 11) is 0. The molecule has 0 heterocycles. The minimum Gasteiger partial charge on any atom is -0.314 e. The fraction of sp³-hybridized carbons (Fsp3) is 1.00. The van der Waals surface area contributed by atoms with Crippen LogP contribution < -0.4 is 5.32 Å². The van der Waals surface area contributed by atoms with E-state index in [1.807, 2.05) is 0 Å². The van der Waals surface area contributed by atoms with Crippen LogP contribution in [0.4, 0.5) is 0 Å². The Morgan fingerprint density at radius 2 is 1.82 bits per heavy atom. The van der Waals surface area contributed by atoms with Crippen LogP contribution in [0.15, 0.2) is 0 Å². The Balaban J connectivity index is 2.32. The second-order valence-corrected chi connectivity index (χ2v) is 7.19. The third kappa shape index (κ3) is 5.42. The van der Waals surface area contributed by atoms with Gasteiger partial charge in [-0.3, -0.25) is 0 Å². The third-order valence-electron chi connectivity index (χ3n) is 4.65. The van der Waals surface area contributed by atoms with Gasteiger partial charge in [-0.1, -0.05) is 47.5 Å². The van der Waals surface area contributed by atoms with Crippen molar-refractivity contribution in [3.05, 3.63) is 0 Å². The molecule has 1 N–H and O–H groups in total. The van der Waals surface area contributed by atoms with E-state index in [4.69, 9.17) is 0 Å². The lowest BCUT2D eigenvalue weighted by Gasteiger charge is -2.29. The molecule has 1 rings (SSSR count). The highest BCUT2D eigenvalue weighted by Gasteiger charge is 2.27. The first-order valence-corrected chi connectivity index (χ1v) is 7.66. The number of hydrogen-bond acceptors (Lipinski definition) is 1. The average molecular weight is 239 g/mol. The van der Waals surface area contributed by atoms with Crippen LogP contribution in [0.2, 0.25) is 0 Å². The highest BCUT2D eigenvalue weighted by Crippen LogP contribution is 2.36. The van der Waals surface area contributed by atoms with E-state index in [0.29, 0.717) is 5.41 Å². The van der Waals surface area contributed by atoms with Gasteiger partial charge in [0.25, 0.3) is 0 Å². The number of hydrogen-bond donors (Lipinski definition) is 1. The Morgan fingerprint density at radius 1 is 1.12 bits per heavy atom. The molecule has 17 heavy (non-hydrogen) atoms. The van der Waals surface area contributed by atoms with Gasteiger partial charge in [0.15, 0.2) is 0 Å². The molecule has 0 aromatic carbocycles. The van der Waals surface area contributed by atoms with Gasteiger partial charge in [-0.25, -0.2) is 0 Å². The van der Waals surface area contributed by atoms with Crippen molar-refractivity contribution in [3.8, 4) is 0 Å². The molecule has 0 amide bonds. The lowest BCUT2D eigenvalue weighted by molar-refractivity contribution is 0.213. The summed E-state index contributed by atoms with van der Waals surface area (Å²) >= 11 is 0. The number of nitrogens with one attached hydrogen (secondary N) is 1. The SMILES string of the molecule is CCC(C)CNC1CCCC(C(C)(C)C)CC1. The first-order valence-electron chi connectivity index (χ1n) is 7.66. The zero-order chi connectivity index (χ0) is 12.9. The summed E-state index contributed by atoms with van der Waals surface area (Å²) in [4.78, 5) is 0. The summed E-state index contributed by atoms with van der Waals surface area (Å²) in [5.41, 5.74) is 0.506. The fourth-order valence-electron chi connectivity index (χ4n) is 2.88. The van der Waals surface area contributed by atoms with E-state index in [1.54, 1.807) is 0 Å². The molecule has 0 bridgehead atoms. The Labute approximate surface area is 109 Å². The smallest absolute Gasteiger partial charge is 0.00672 e. The van der Waals surface area contributed by atoms with Crippen LogP contribution in [-0.2, 0) is 0 Å². The van der Waals surface area contributed by atoms with E-state index in [1.165, 1.54) is 45.1 Å². The van der Waals surface area contributed by atoms with Gasteiger partial charge in [0.1, 0.15) is 0 Å². The quantitative estimate of drug-likeness (QED) is 0.706. The molecule has 0 aromatic heterocycles. The van der Waals surface area contributed by atoms with Gasteiger partial charge in [0.2, 0.25) is 0 Å². The lowest BCUT2D eigenvalue weighted by Crippen LogP contribution is -2.32. The topological polar surface area (TPSA) is 12.0 Å². The van der Waals surface area contributed by atoms with Crippen molar-refractivity contribution < 1.29 is 0 Å². The molecule has 0 saturated heterocycles. The monoisotopic (exact) mass is 239 g/mol. The van der Waals surface area contributed by atoms with Crippen LogP contribution in [0.25, 0.3) is 0 Å².